The molecule has 21 heavy (non-hydrogen) atoms. The van der Waals surface area contributed by atoms with E-state index in [0.717, 1.165) is 22.6 Å². The van der Waals surface area contributed by atoms with Crippen molar-refractivity contribution in [3.63, 3.8) is 0 Å². The zero-order chi connectivity index (χ0) is 15.7. The van der Waals surface area contributed by atoms with Gasteiger partial charge in [0.05, 0.1) is 0 Å². The van der Waals surface area contributed by atoms with Crippen molar-refractivity contribution >= 4 is 15.9 Å². The maximum atomic E-state index is 9.93. The van der Waals surface area contributed by atoms with Crippen LogP contribution in [0.3, 0.4) is 0 Å². The Kier molecular flexibility index (Phi) is 8.97. The highest BCUT2D eigenvalue weighted by Crippen LogP contribution is 2.16. The fraction of sp³-hybridized carbons (Fsp3) is 0.647. The van der Waals surface area contributed by atoms with Gasteiger partial charge in [0.15, 0.2) is 0 Å². The van der Waals surface area contributed by atoms with Crippen LogP contribution >= 0.6 is 15.9 Å². The van der Waals surface area contributed by atoms with E-state index < -0.39 is 6.10 Å². The number of halogens is 1. The summed E-state index contributed by atoms with van der Waals surface area (Å²) in [5, 5.41) is 13.3. The Balaban J connectivity index is 2.12. The molecule has 0 saturated heterocycles. The lowest BCUT2D eigenvalue weighted by molar-refractivity contribution is 0.103. The molecule has 2 atom stereocenters. The number of hydrogen-bond donors (Lipinski definition) is 2. The van der Waals surface area contributed by atoms with Gasteiger partial charge >= 0.3 is 0 Å². The Hall–Kier alpha value is -0.580. The van der Waals surface area contributed by atoms with Crippen molar-refractivity contribution in [3.05, 3.63) is 28.7 Å². The maximum absolute atomic E-state index is 9.93. The third kappa shape index (κ3) is 9.12. The third-order valence-electron chi connectivity index (χ3n) is 3.38. The van der Waals surface area contributed by atoms with Crippen LogP contribution in [0.2, 0.25) is 0 Å². The number of nitrogens with one attached hydrogen (secondary N) is 1. The van der Waals surface area contributed by atoms with Gasteiger partial charge in [0, 0.05) is 17.1 Å². The van der Waals surface area contributed by atoms with E-state index in [-0.39, 0.29) is 0 Å². The molecule has 1 aromatic rings. The minimum atomic E-state index is -0.485. The van der Waals surface area contributed by atoms with Crippen LogP contribution in [0.1, 0.15) is 40.0 Å². The summed E-state index contributed by atoms with van der Waals surface area (Å²) in [5.41, 5.74) is 0. The molecule has 0 aliphatic rings. The first-order chi connectivity index (χ1) is 9.97. The number of hydrogen-bond acceptors (Lipinski definition) is 3. The van der Waals surface area contributed by atoms with E-state index in [1.54, 1.807) is 0 Å². The summed E-state index contributed by atoms with van der Waals surface area (Å²) in [6.07, 6.45) is 3.16. The zero-order valence-electron chi connectivity index (χ0n) is 13.3. The summed E-state index contributed by atoms with van der Waals surface area (Å²) in [5.74, 6) is 1.55. The van der Waals surface area contributed by atoms with Crippen LogP contribution in [0.15, 0.2) is 28.7 Å². The minimum Gasteiger partial charge on any atom is -0.491 e. The first-order valence-electron chi connectivity index (χ1n) is 7.77. The van der Waals surface area contributed by atoms with E-state index >= 15 is 0 Å². The van der Waals surface area contributed by atoms with Crippen molar-refractivity contribution in [2.24, 2.45) is 5.92 Å². The molecule has 0 aliphatic heterocycles. The number of ether oxygens (including phenoxy) is 1. The highest BCUT2D eigenvalue weighted by Gasteiger charge is 2.08. The van der Waals surface area contributed by atoms with Crippen molar-refractivity contribution < 1.29 is 9.84 Å². The average Bonchev–Trinajstić information content (AvgIpc) is 2.44. The van der Waals surface area contributed by atoms with E-state index in [4.69, 9.17) is 4.74 Å². The smallest absolute Gasteiger partial charge is 0.119 e. The van der Waals surface area contributed by atoms with E-state index in [0.29, 0.717) is 19.2 Å². The summed E-state index contributed by atoms with van der Waals surface area (Å²) in [6, 6.07) is 8.07. The summed E-state index contributed by atoms with van der Waals surface area (Å²) in [7, 11) is 0. The van der Waals surface area contributed by atoms with Crippen molar-refractivity contribution in [3.8, 4) is 5.75 Å². The second-order valence-electron chi connectivity index (χ2n) is 6.05. The fourth-order valence-electron chi connectivity index (χ4n) is 2.05. The quantitative estimate of drug-likeness (QED) is 0.664. The molecule has 1 rings (SSSR count). The molecule has 2 unspecified atom stereocenters. The summed E-state index contributed by atoms with van der Waals surface area (Å²) >= 11 is 3.38. The maximum Gasteiger partial charge on any atom is 0.119 e. The lowest BCUT2D eigenvalue weighted by Crippen LogP contribution is -2.36. The Bertz CT molecular complexity index is 381. The Morgan fingerprint density at radius 2 is 1.81 bits per heavy atom. The molecule has 0 aromatic heterocycles. The van der Waals surface area contributed by atoms with E-state index in [1.165, 1.54) is 12.8 Å². The first kappa shape index (κ1) is 18.5. The molecule has 2 N–H and O–H groups in total. The SMILES string of the molecule is CC(C)CCCC(C)NCC(O)COc1ccc(Br)cc1. The molecular formula is C17H28BrNO2. The highest BCUT2D eigenvalue weighted by molar-refractivity contribution is 9.10. The second kappa shape index (κ2) is 10.2. The van der Waals surface area contributed by atoms with Crippen molar-refractivity contribution in [2.75, 3.05) is 13.2 Å². The van der Waals surface area contributed by atoms with Crippen LogP contribution in [0, 0.1) is 5.92 Å². The monoisotopic (exact) mass is 357 g/mol. The largest absolute Gasteiger partial charge is 0.491 e. The van der Waals surface area contributed by atoms with Crippen molar-refractivity contribution in [2.45, 2.75) is 52.2 Å². The molecule has 0 spiro atoms. The zero-order valence-corrected chi connectivity index (χ0v) is 14.9. The summed E-state index contributed by atoms with van der Waals surface area (Å²) in [4.78, 5) is 0. The van der Waals surface area contributed by atoms with Crippen LogP contribution in [-0.2, 0) is 0 Å². The molecule has 0 radical (unpaired) electrons. The normalized spacial score (nSPS) is 14.2. The Labute approximate surface area is 137 Å². The van der Waals surface area contributed by atoms with Gasteiger partial charge in [0.1, 0.15) is 18.5 Å². The predicted octanol–water partition coefficient (Wildman–Crippen LogP) is 3.99. The molecule has 3 nitrogen and oxygen atoms in total. The van der Waals surface area contributed by atoms with Crippen LogP contribution in [0.4, 0.5) is 0 Å². The molecule has 1 aromatic carbocycles. The van der Waals surface area contributed by atoms with Gasteiger partial charge in [-0.3, -0.25) is 0 Å². The van der Waals surface area contributed by atoms with E-state index in [2.05, 4.69) is 42.0 Å². The van der Waals surface area contributed by atoms with E-state index in [9.17, 15) is 5.11 Å². The number of aliphatic hydroxyl groups is 1. The van der Waals surface area contributed by atoms with Crippen molar-refractivity contribution in [1.29, 1.82) is 0 Å². The van der Waals surface area contributed by atoms with Gasteiger partial charge in [0.25, 0.3) is 0 Å². The Morgan fingerprint density at radius 3 is 2.43 bits per heavy atom. The Morgan fingerprint density at radius 1 is 1.14 bits per heavy atom. The number of aliphatic hydroxyl groups excluding tert-OH is 1. The highest BCUT2D eigenvalue weighted by atomic mass is 79.9. The summed E-state index contributed by atoms with van der Waals surface area (Å²) in [6.45, 7) is 7.55. The lowest BCUT2D eigenvalue weighted by Gasteiger charge is -2.18. The van der Waals surface area contributed by atoms with Crippen molar-refractivity contribution in [1.82, 2.24) is 5.32 Å². The van der Waals surface area contributed by atoms with Gasteiger partial charge in [-0.05, 0) is 43.5 Å². The second-order valence-corrected chi connectivity index (χ2v) is 6.97. The summed E-state index contributed by atoms with van der Waals surface area (Å²) < 4.78 is 6.58. The topological polar surface area (TPSA) is 41.5 Å². The number of benzene rings is 1. The van der Waals surface area contributed by atoms with Gasteiger partial charge in [0.2, 0.25) is 0 Å². The molecule has 0 aliphatic carbocycles. The van der Waals surface area contributed by atoms with Crippen LogP contribution in [0.5, 0.6) is 5.75 Å². The molecule has 4 heteroatoms. The molecule has 0 bridgehead atoms. The molecule has 0 heterocycles. The van der Waals surface area contributed by atoms with Gasteiger partial charge in [-0.15, -0.1) is 0 Å². The van der Waals surface area contributed by atoms with Gasteiger partial charge in [-0.2, -0.15) is 0 Å². The van der Waals surface area contributed by atoms with Crippen LogP contribution < -0.4 is 10.1 Å². The van der Waals surface area contributed by atoms with Crippen LogP contribution in [0.25, 0.3) is 0 Å². The predicted molar refractivity (Wildman–Crippen MR) is 91.8 cm³/mol. The fourth-order valence-corrected chi connectivity index (χ4v) is 2.32. The van der Waals surface area contributed by atoms with E-state index in [1.807, 2.05) is 24.3 Å². The molecule has 0 amide bonds. The lowest BCUT2D eigenvalue weighted by atomic mass is 10.0. The van der Waals surface area contributed by atoms with Gasteiger partial charge < -0.3 is 15.2 Å². The molecule has 0 fully saturated rings. The molecule has 120 valence electrons. The third-order valence-corrected chi connectivity index (χ3v) is 3.91. The van der Waals surface area contributed by atoms with Crippen LogP contribution in [-0.4, -0.2) is 30.4 Å². The standard InChI is InChI=1S/C17H28BrNO2/c1-13(2)5-4-6-14(3)19-11-16(20)12-21-17-9-7-15(18)8-10-17/h7-10,13-14,16,19-20H,4-6,11-12H2,1-3H3. The van der Waals surface area contributed by atoms with Gasteiger partial charge in [-0.1, -0.05) is 42.6 Å². The first-order valence-corrected chi connectivity index (χ1v) is 8.56. The molecule has 0 saturated carbocycles. The average molecular weight is 358 g/mol. The minimum absolute atomic E-state index is 0.313. The number of rotatable bonds is 10. The van der Waals surface area contributed by atoms with Gasteiger partial charge in [-0.25, -0.2) is 0 Å². The molecular weight excluding hydrogens is 330 g/mol.